The molecule has 1 fully saturated rings. The highest BCUT2D eigenvalue weighted by atomic mass is 16.2. The summed E-state index contributed by atoms with van der Waals surface area (Å²) in [5.41, 5.74) is 1.16. The van der Waals surface area contributed by atoms with Gasteiger partial charge in [0.1, 0.15) is 0 Å². The Morgan fingerprint density at radius 3 is 3.36 bits per heavy atom. The van der Waals surface area contributed by atoms with Gasteiger partial charge in [0.05, 0.1) is 6.54 Å². The Balaban J connectivity index is 2.20. The van der Waals surface area contributed by atoms with Crippen molar-refractivity contribution in [1.82, 2.24) is 10.2 Å². The van der Waals surface area contributed by atoms with E-state index in [0.29, 0.717) is 19.1 Å². The van der Waals surface area contributed by atoms with Crippen molar-refractivity contribution in [3.8, 4) is 0 Å². The van der Waals surface area contributed by atoms with E-state index in [0.717, 1.165) is 18.5 Å². The van der Waals surface area contributed by atoms with Crippen LogP contribution >= 0.6 is 0 Å². The van der Waals surface area contributed by atoms with Crippen molar-refractivity contribution in [2.45, 2.75) is 25.3 Å². The molecule has 1 atom stereocenters. The maximum absolute atomic E-state index is 11.6. The minimum absolute atomic E-state index is 0.161. The second-order valence-electron chi connectivity index (χ2n) is 3.79. The molecule has 0 radical (unpaired) electrons. The number of nitrogens with one attached hydrogen (secondary N) is 1. The molecule has 0 bridgehead atoms. The lowest BCUT2D eigenvalue weighted by molar-refractivity contribution is -0.130. The fourth-order valence-corrected chi connectivity index (χ4v) is 2.15. The fraction of sp³-hybridized carbons (Fsp3) is 0.545. The van der Waals surface area contributed by atoms with Crippen molar-refractivity contribution >= 4 is 5.91 Å². The van der Waals surface area contributed by atoms with Gasteiger partial charge in [-0.25, -0.2) is 0 Å². The van der Waals surface area contributed by atoms with Crippen LogP contribution in [0.5, 0.6) is 0 Å². The Hall–Kier alpha value is -1.09. The quantitative estimate of drug-likeness (QED) is 0.663. The van der Waals surface area contributed by atoms with Crippen LogP contribution in [-0.2, 0) is 4.79 Å². The van der Waals surface area contributed by atoms with E-state index in [1.807, 2.05) is 4.90 Å². The van der Waals surface area contributed by atoms with E-state index in [-0.39, 0.29) is 5.91 Å². The molecule has 0 aromatic heterocycles. The normalized spacial score (nSPS) is 26.9. The lowest BCUT2D eigenvalue weighted by Gasteiger charge is -2.37. The Morgan fingerprint density at radius 2 is 2.57 bits per heavy atom. The summed E-state index contributed by atoms with van der Waals surface area (Å²) in [5.74, 6) is 0.161. The van der Waals surface area contributed by atoms with Crippen LogP contribution in [0.3, 0.4) is 0 Å². The number of carbonyl (C=O) groups is 1. The highest BCUT2D eigenvalue weighted by molar-refractivity contribution is 5.81. The predicted octanol–water partition coefficient (Wildman–Crippen LogP) is 1.04. The van der Waals surface area contributed by atoms with Crippen LogP contribution in [0.15, 0.2) is 24.4 Å². The van der Waals surface area contributed by atoms with Crippen molar-refractivity contribution < 1.29 is 4.79 Å². The molecule has 3 heteroatoms. The summed E-state index contributed by atoms with van der Waals surface area (Å²) >= 11 is 0. The van der Waals surface area contributed by atoms with Crippen LogP contribution in [0.1, 0.15) is 19.3 Å². The average molecular weight is 192 g/mol. The molecule has 1 saturated heterocycles. The van der Waals surface area contributed by atoms with Crippen LogP contribution in [0.2, 0.25) is 0 Å². The molecule has 1 amide bonds. The average Bonchev–Trinajstić information content (AvgIpc) is 2.23. The molecule has 0 aromatic carbocycles. The first-order valence-corrected chi connectivity index (χ1v) is 5.17. The monoisotopic (exact) mass is 192 g/mol. The Kier molecular flexibility index (Phi) is 2.68. The minimum Gasteiger partial charge on any atom is -0.310 e. The molecule has 1 aliphatic carbocycles. The van der Waals surface area contributed by atoms with Gasteiger partial charge in [-0.05, 0) is 19.3 Å². The first kappa shape index (κ1) is 9.46. The van der Waals surface area contributed by atoms with Crippen LogP contribution in [0.4, 0.5) is 0 Å². The highest BCUT2D eigenvalue weighted by Crippen LogP contribution is 2.24. The molecule has 1 unspecified atom stereocenters. The third-order valence-electron chi connectivity index (χ3n) is 2.83. The van der Waals surface area contributed by atoms with E-state index in [4.69, 9.17) is 0 Å². The second-order valence-corrected chi connectivity index (χ2v) is 3.79. The molecule has 14 heavy (non-hydrogen) atoms. The van der Waals surface area contributed by atoms with E-state index < -0.39 is 0 Å². The number of hydrogen-bond acceptors (Lipinski definition) is 2. The molecule has 2 rings (SSSR count). The Bertz CT molecular complexity index is 283. The van der Waals surface area contributed by atoms with Crippen molar-refractivity contribution in [1.29, 1.82) is 0 Å². The summed E-state index contributed by atoms with van der Waals surface area (Å²) in [4.78, 5) is 13.5. The molecular formula is C11H16N2O. The van der Waals surface area contributed by atoms with E-state index in [9.17, 15) is 4.79 Å². The summed E-state index contributed by atoms with van der Waals surface area (Å²) in [7, 11) is 0. The van der Waals surface area contributed by atoms with Crippen LogP contribution in [-0.4, -0.2) is 29.9 Å². The van der Waals surface area contributed by atoms with Crippen molar-refractivity contribution in [2.24, 2.45) is 0 Å². The van der Waals surface area contributed by atoms with Crippen LogP contribution < -0.4 is 5.32 Å². The van der Waals surface area contributed by atoms with Gasteiger partial charge in [0.25, 0.3) is 0 Å². The SMILES string of the molecule is C=CCN1C(=O)CNC2CCCC=C21. The second kappa shape index (κ2) is 3.96. The maximum Gasteiger partial charge on any atom is 0.241 e. The zero-order valence-corrected chi connectivity index (χ0v) is 8.33. The van der Waals surface area contributed by atoms with Gasteiger partial charge in [-0.15, -0.1) is 6.58 Å². The number of amides is 1. The van der Waals surface area contributed by atoms with Gasteiger partial charge in [0.2, 0.25) is 5.91 Å². The summed E-state index contributed by atoms with van der Waals surface area (Å²) in [6.07, 6.45) is 7.43. The fourth-order valence-electron chi connectivity index (χ4n) is 2.15. The van der Waals surface area contributed by atoms with Crippen molar-refractivity contribution in [3.05, 3.63) is 24.4 Å². The van der Waals surface area contributed by atoms with Gasteiger partial charge in [-0.2, -0.15) is 0 Å². The zero-order chi connectivity index (χ0) is 9.97. The Labute approximate surface area is 84.5 Å². The van der Waals surface area contributed by atoms with E-state index in [1.54, 1.807) is 6.08 Å². The highest BCUT2D eigenvalue weighted by Gasteiger charge is 2.30. The zero-order valence-electron chi connectivity index (χ0n) is 8.33. The number of piperazine rings is 1. The minimum atomic E-state index is 0.161. The molecule has 0 spiro atoms. The topological polar surface area (TPSA) is 32.3 Å². The first-order valence-electron chi connectivity index (χ1n) is 5.17. The number of carbonyl (C=O) groups excluding carboxylic acids is 1. The lowest BCUT2D eigenvalue weighted by atomic mass is 9.96. The number of nitrogens with zero attached hydrogens (tertiary/aromatic N) is 1. The largest absolute Gasteiger partial charge is 0.310 e. The maximum atomic E-state index is 11.6. The van der Waals surface area contributed by atoms with E-state index >= 15 is 0 Å². The molecule has 2 aliphatic rings. The van der Waals surface area contributed by atoms with Gasteiger partial charge in [0.15, 0.2) is 0 Å². The Morgan fingerprint density at radius 1 is 1.71 bits per heavy atom. The lowest BCUT2D eigenvalue weighted by Crippen LogP contribution is -2.52. The van der Waals surface area contributed by atoms with Crippen molar-refractivity contribution in [3.63, 3.8) is 0 Å². The van der Waals surface area contributed by atoms with Gasteiger partial charge in [-0.1, -0.05) is 12.2 Å². The molecular weight excluding hydrogens is 176 g/mol. The smallest absolute Gasteiger partial charge is 0.241 e. The van der Waals surface area contributed by atoms with Crippen LogP contribution in [0, 0.1) is 0 Å². The summed E-state index contributed by atoms with van der Waals surface area (Å²) in [6, 6.07) is 0.390. The van der Waals surface area contributed by atoms with Gasteiger partial charge in [-0.3, -0.25) is 4.79 Å². The third-order valence-corrected chi connectivity index (χ3v) is 2.83. The van der Waals surface area contributed by atoms with E-state index in [2.05, 4.69) is 18.0 Å². The summed E-state index contributed by atoms with van der Waals surface area (Å²) in [6.45, 7) is 4.80. The molecule has 76 valence electrons. The standard InChI is InChI=1S/C11H16N2O/c1-2-7-13-10-6-4-3-5-9(10)12-8-11(13)14/h2,6,9,12H,1,3-5,7-8H2. The summed E-state index contributed by atoms with van der Waals surface area (Å²) < 4.78 is 0. The predicted molar refractivity (Wildman–Crippen MR) is 55.6 cm³/mol. The first-order chi connectivity index (χ1) is 6.83. The van der Waals surface area contributed by atoms with Gasteiger partial charge in [0, 0.05) is 18.3 Å². The van der Waals surface area contributed by atoms with Crippen LogP contribution in [0.25, 0.3) is 0 Å². The van der Waals surface area contributed by atoms with Crippen molar-refractivity contribution in [2.75, 3.05) is 13.1 Å². The molecule has 0 saturated carbocycles. The molecule has 1 aliphatic heterocycles. The number of fused-ring (bicyclic) bond motifs is 1. The summed E-state index contributed by atoms with van der Waals surface area (Å²) in [5, 5.41) is 3.27. The molecule has 1 heterocycles. The molecule has 0 aromatic rings. The molecule has 3 nitrogen and oxygen atoms in total. The number of rotatable bonds is 2. The number of allylic oxidation sites excluding steroid dienone is 1. The molecule has 1 N–H and O–H groups in total. The third kappa shape index (κ3) is 1.60. The van der Waals surface area contributed by atoms with Gasteiger partial charge >= 0.3 is 0 Å². The van der Waals surface area contributed by atoms with Gasteiger partial charge < -0.3 is 10.2 Å². The number of hydrogen-bond donors (Lipinski definition) is 1. The van der Waals surface area contributed by atoms with E-state index in [1.165, 1.54) is 6.42 Å².